The third-order valence-corrected chi connectivity index (χ3v) is 13.4. The minimum Gasteiger partial charge on any atom is -0.394 e. The van der Waals surface area contributed by atoms with Crippen LogP contribution in [0.4, 0.5) is 0 Å². The highest BCUT2D eigenvalue weighted by molar-refractivity contribution is 5.77. The van der Waals surface area contributed by atoms with E-state index >= 15 is 0 Å². The van der Waals surface area contributed by atoms with Gasteiger partial charge in [0.05, 0.1) is 25.4 Å². The zero-order valence-electron chi connectivity index (χ0n) is 38.6. The quantitative estimate of drug-likeness (QED) is 0.0384. The summed E-state index contributed by atoms with van der Waals surface area (Å²) in [6, 6.07) is -0.652. The Labute approximate surface area is 363 Å². The molecule has 0 bridgehead atoms. The molecule has 0 unspecified atom stereocenters. The van der Waals surface area contributed by atoms with E-state index in [4.69, 9.17) is 9.47 Å². The number of aliphatic hydroxyl groups is 5. The van der Waals surface area contributed by atoms with E-state index in [2.05, 4.69) is 13.8 Å². The van der Waals surface area contributed by atoms with Crippen molar-refractivity contribution in [3.8, 4) is 0 Å². The predicted molar refractivity (Wildman–Crippen MR) is 242 cm³/mol. The van der Waals surface area contributed by atoms with Crippen LogP contribution in [0.3, 0.4) is 0 Å². The Hall–Kier alpha value is -0.810. The molecule has 0 spiro atoms. The summed E-state index contributed by atoms with van der Waals surface area (Å²) in [7, 11) is 0. The van der Waals surface area contributed by atoms with Gasteiger partial charge in [0.2, 0.25) is 5.91 Å². The summed E-state index contributed by atoms with van der Waals surface area (Å²) < 4.78 is 11.4. The van der Waals surface area contributed by atoms with Crippen LogP contribution >= 0.6 is 0 Å². The van der Waals surface area contributed by atoms with Crippen molar-refractivity contribution < 1.29 is 39.8 Å². The molecular weight excluding hydrogens is 743 g/mol. The first-order valence-electron chi connectivity index (χ1n) is 25.8. The van der Waals surface area contributed by atoms with Crippen LogP contribution < -0.4 is 0 Å². The molecule has 2 saturated heterocycles. The van der Waals surface area contributed by atoms with Gasteiger partial charge in [0.15, 0.2) is 6.29 Å². The third-order valence-electron chi connectivity index (χ3n) is 13.4. The summed E-state index contributed by atoms with van der Waals surface area (Å²) in [5.74, 6) is 0.0422. The van der Waals surface area contributed by atoms with Crippen LogP contribution in [0, 0.1) is 0 Å². The van der Waals surface area contributed by atoms with Crippen molar-refractivity contribution in [2.45, 2.75) is 300 Å². The number of hydrogen-bond donors (Lipinski definition) is 5. The van der Waals surface area contributed by atoms with E-state index < -0.39 is 49.5 Å². The Morgan fingerprint density at radius 1 is 0.525 bits per heavy atom. The minimum atomic E-state index is -1.54. The lowest BCUT2D eigenvalue weighted by atomic mass is 9.99. The van der Waals surface area contributed by atoms with Crippen molar-refractivity contribution in [3.63, 3.8) is 0 Å². The molecule has 9 heteroatoms. The van der Waals surface area contributed by atoms with Gasteiger partial charge in [-0.25, -0.2) is 0 Å². The number of aliphatic hydroxyl groups excluding tert-OH is 5. The van der Waals surface area contributed by atoms with Crippen LogP contribution in [0.15, 0.2) is 0 Å². The van der Waals surface area contributed by atoms with Gasteiger partial charge < -0.3 is 39.9 Å². The van der Waals surface area contributed by atoms with Gasteiger partial charge in [-0.3, -0.25) is 4.79 Å². The van der Waals surface area contributed by atoms with E-state index in [1.165, 1.54) is 186 Å². The highest BCUT2D eigenvalue weighted by atomic mass is 16.7. The number of carbonyl (C=O) groups is 1. The fourth-order valence-electron chi connectivity index (χ4n) is 9.48. The second-order valence-corrected chi connectivity index (χ2v) is 18.7. The minimum absolute atomic E-state index is 0.0422. The average Bonchev–Trinajstić information content (AvgIpc) is 3.55. The molecule has 59 heavy (non-hydrogen) atoms. The number of likely N-dealkylation sites (tertiary alicyclic amines) is 1. The average molecular weight is 840 g/mol. The Bertz CT molecular complexity index is 954. The normalized spacial score (nSPS) is 24.7. The molecule has 0 aromatic carbocycles. The van der Waals surface area contributed by atoms with Gasteiger partial charge in [0, 0.05) is 12.5 Å². The molecule has 350 valence electrons. The van der Waals surface area contributed by atoms with Crippen LogP contribution in [-0.2, 0) is 14.3 Å². The molecule has 1 amide bonds. The molecule has 2 aliphatic heterocycles. The molecule has 2 heterocycles. The maximum absolute atomic E-state index is 13.8. The fraction of sp³-hybridized carbons (Fsp3) is 0.980. The first kappa shape index (κ1) is 54.3. The van der Waals surface area contributed by atoms with Gasteiger partial charge in [-0.05, 0) is 19.3 Å². The molecule has 2 rings (SSSR count). The number of hydrogen-bond acceptors (Lipinski definition) is 8. The first-order chi connectivity index (χ1) is 28.8. The van der Waals surface area contributed by atoms with Crippen molar-refractivity contribution in [3.05, 3.63) is 0 Å². The monoisotopic (exact) mass is 840 g/mol. The van der Waals surface area contributed by atoms with E-state index in [-0.39, 0.29) is 18.6 Å². The van der Waals surface area contributed by atoms with Crippen LogP contribution in [0.25, 0.3) is 0 Å². The molecule has 0 aromatic rings. The highest BCUT2D eigenvalue weighted by Gasteiger charge is 2.47. The van der Waals surface area contributed by atoms with Crippen molar-refractivity contribution in [1.29, 1.82) is 0 Å². The maximum Gasteiger partial charge on any atom is 0.223 e. The summed E-state index contributed by atoms with van der Waals surface area (Å²) in [6.07, 6.45) is 38.7. The summed E-state index contributed by atoms with van der Waals surface area (Å²) in [5.41, 5.74) is 0. The zero-order chi connectivity index (χ0) is 42.8. The van der Waals surface area contributed by atoms with Crippen molar-refractivity contribution in [1.82, 2.24) is 4.90 Å². The summed E-state index contributed by atoms with van der Waals surface area (Å²) >= 11 is 0. The van der Waals surface area contributed by atoms with Crippen LogP contribution in [0.1, 0.15) is 251 Å². The topological polar surface area (TPSA) is 140 Å². The SMILES string of the molecule is CCCCCCCCCCCCCCCCCCCCCCCCCC(=O)N1[C@H](CCCCCCCCCCCCC)C[C@@H](O)[C@@H]1CO[C@H]1O[C@H](CO)[C@H](O)[C@H](O)[C@H]1O. The van der Waals surface area contributed by atoms with Crippen LogP contribution in [-0.4, -0.2) is 98.4 Å². The van der Waals surface area contributed by atoms with Gasteiger partial charge in [-0.15, -0.1) is 0 Å². The zero-order valence-corrected chi connectivity index (χ0v) is 38.6. The molecule has 0 aliphatic carbocycles. The van der Waals surface area contributed by atoms with E-state index in [1.807, 2.05) is 4.90 Å². The van der Waals surface area contributed by atoms with E-state index in [0.29, 0.717) is 12.8 Å². The Balaban J connectivity index is 1.62. The van der Waals surface area contributed by atoms with E-state index in [0.717, 1.165) is 38.5 Å². The van der Waals surface area contributed by atoms with Gasteiger partial charge in [-0.1, -0.05) is 226 Å². The van der Waals surface area contributed by atoms with Gasteiger partial charge in [0.1, 0.15) is 24.4 Å². The second kappa shape index (κ2) is 36.7. The lowest BCUT2D eigenvalue weighted by Gasteiger charge is -2.40. The summed E-state index contributed by atoms with van der Waals surface area (Å²) in [6.45, 7) is 3.94. The number of ether oxygens (including phenoxy) is 2. The molecule has 2 fully saturated rings. The van der Waals surface area contributed by atoms with Gasteiger partial charge in [-0.2, -0.15) is 0 Å². The lowest BCUT2D eigenvalue weighted by Crippen LogP contribution is -2.59. The van der Waals surface area contributed by atoms with E-state index in [9.17, 15) is 30.3 Å². The number of nitrogens with zero attached hydrogens (tertiary/aromatic N) is 1. The predicted octanol–water partition coefficient (Wildman–Crippen LogP) is 11.2. The van der Waals surface area contributed by atoms with Crippen molar-refractivity contribution >= 4 is 5.91 Å². The molecule has 2 aliphatic rings. The lowest BCUT2D eigenvalue weighted by molar-refractivity contribution is -0.303. The molecular formula is C50H97NO8. The Kier molecular flexibility index (Phi) is 33.7. The molecule has 9 nitrogen and oxygen atoms in total. The van der Waals surface area contributed by atoms with Crippen molar-refractivity contribution in [2.24, 2.45) is 0 Å². The van der Waals surface area contributed by atoms with Gasteiger partial charge >= 0.3 is 0 Å². The van der Waals surface area contributed by atoms with Gasteiger partial charge in [0.25, 0.3) is 0 Å². The molecule has 0 radical (unpaired) electrons. The third kappa shape index (κ3) is 24.6. The number of rotatable bonds is 40. The fourth-order valence-corrected chi connectivity index (χ4v) is 9.48. The molecule has 8 atom stereocenters. The van der Waals surface area contributed by atoms with Crippen LogP contribution in [0.2, 0.25) is 0 Å². The molecule has 0 aromatic heterocycles. The van der Waals surface area contributed by atoms with Crippen molar-refractivity contribution in [2.75, 3.05) is 13.2 Å². The number of unbranched alkanes of at least 4 members (excludes halogenated alkanes) is 32. The first-order valence-corrected chi connectivity index (χ1v) is 25.8. The van der Waals surface area contributed by atoms with Crippen LogP contribution in [0.5, 0.6) is 0 Å². The molecule has 0 saturated carbocycles. The maximum atomic E-state index is 13.8. The standard InChI is InChI=1S/C50H97NO8/c1-3-5-7-9-11-13-15-16-17-18-19-20-21-22-23-24-25-26-28-30-32-34-36-38-46(54)51-42(37-35-33-31-29-27-14-12-10-8-6-4-2)39-44(53)43(51)41-58-50-49(57)48(56)47(55)45(40-52)59-50/h42-45,47-50,52-53,55-57H,3-41H2,1-2H3/t42-,43+,44-,45-,47+,48+,49-,50+/m1/s1. The smallest absolute Gasteiger partial charge is 0.223 e. The number of carbonyl (C=O) groups excluding carboxylic acids is 1. The number of amides is 1. The summed E-state index contributed by atoms with van der Waals surface area (Å²) in [5, 5.41) is 51.7. The molecule has 5 N–H and O–H groups in total. The van der Waals surface area contributed by atoms with E-state index in [1.54, 1.807) is 0 Å². The largest absolute Gasteiger partial charge is 0.394 e. The second-order valence-electron chi connectivity index (χ2n) is 18.7. The Morgan fingerprint density at radius 2 is 0.898 bits per heavy atom. The summed E-state index contributed by atoms with van der Waals surface area (Å²) in [4.78, 5) is 15.7. The highest BCUT2D eigenvalue weighted by Crippen LogP contribution is 2.32. The Morgan fingerprint density at radius 3 is 1.29 bits per heavy atom.